The van der Waals surface area contributed by atoms with Gasteiger partial charge in [-0.2, -0.15) is 5.26 Å². The van der Waals surface area contributed by atoms with Gasteiger partial charge in [0, 0.05) is 44.5 Å². The second-order valence-corrected chi connectivity index (χ2v) is 7.23. The molecule has 2 fully saturated rings. The standard InChI is InChI=1S/C20H22N4O5/c1-13-10-14(11-21)2-3-15(13)22-6-8-23(9-7-22)16-4-5-24(20(28)29)17(12-25)18(16)19(26)27/h2-3,10,16,18H,4-9H2,1H3,(H,26,27)(H,28,29)/t16-,18+/m0/s1. The van der Waals surface area contributed by atoms with Gasteiger partial charge in [-0.25, -0.2) is 9.59 Å². The van der Waals surface area contributed by atoms with E-state index < -0.39 is 24.0 Å². The lowest BCUT2D eigenvalue weighted by Gasteiger charge is -2.45. The molecule has 2 heterocycles. The van der Waals surface area contributed by atoms with E-state index in [1.54, 1.807) is 12.0 Å². The van der Waals surface area contributed by atoms with Crippen LogP contribution in [-0.2, 0) is 9.59 Å². The predicted octanol–water partition coefficient (Wildman–Crippen LogP) is 1.16. The zero-order valence-corrected chi connectivity index (χ0v) is 16.0. The number of anilines is 1. The smallest absolute Gasteiger partial charge is 0.412 e. The van der Waals surface area contributed by atoms with Crippen molar-refractivity contribution in [2.75, 3.05) is 37.6 Å². The molecule has 0 spiro atoms. The van der Waals surface area contributed by atoms with Crippen LogP contribution in [0.2, 0.25) is 0 Å². The summed E-state index contributed by atoms with van der Waals surface area (Å²) in [5, 5.41) is 27.9. The summed E-state index contributed by atoms with van der Waals surface area (Å²) in [4.78, 5) is 39.6. The van der Waals surface area contributed by atoms with Gasteiger partial charge in [-0.15, -0.1) is 0 Å². The lowest BCUT2D eigenvalue weighted by atomic mass is 9.87. The first kappa shape index (κ1) is 20.4. The molecule has 0 saturated carbocycles. The van der Waals surface area contributed by atoms with Crippen LogP contribution in [0, 0.1) is 24.2 Å². The van der Waals surface area contributed by atoms with E-state index >= 15 is 0 Å². The number of hydrogen-bond acceptors (Lipinski definition) is 6. The quantitative estimate of drug-likeness (QED) is 0.727. The third-order valence-electron chi connectivity index (χ3n) is 5.67. The normalized spacial score (nSPS) is 22.7. The van der Waals surface area contributed by atoms with Gasteiger partial charge in [0.25, 0.3) is 0 Å². The third-order valence-corrected chi connectivity index (χ3v) is 5.67. The van der Waals surface area contributed by atoms with Gasteiger partial charge in [-0.3, -0.25) is 14.6 Å². The molecule has 2 aliphatic rings. The summed E-state index contributed by atoms with van der Waals surface area (Å²) >= 11 is 0. The van der Waals surface area contributed by atoms with Crippen molar-refractivity contribution in [1.29, 1.82) is 5.26 Å². The molecule has 0 bridgehead atoms. The summed E-state index contributed by atoms with van der Waals surface area (Å²) in [6.07, 6.45) is -1.00. The van der Waals surface area contributed by atoms with Crippen LogP contribution in [0.25, 0.3) is 0 Å². The van der Waals surface area contributed by atoms with Crippen LogP contribution in [0.4, 0.5) is 10.5 Å². The van der Waals surface area contributed by atoms with E-state index in [0.29, 0.717) is 38.2 Å². The molecule has 1 aromatic rings. The van der Waals surface area contributed by atoms with Gasteiger partial charge in [-0.1, -0.05) is 0 Å². The molecule has 3 rings (SSSR count). The molecule has 0 radical (unpaired) electrons. The van der Waals surface area contributed by atoms with E-state index in [1.165, 1.54) is 0 Å². The Morgan fingerprint density at radius 3 is 2.34 bits per heavy atom. The number of nitriles is 1. The zero-order chi connectivity index (χ0) is 21.1. The van der Waals surface area contributed by atoms with Crippen LogP contribution in [-0.4, -0.2) is 76.8 Å². The summed E-state index contributed by atoms with van der Waals surface area (Å²) in [6.45, 7) is 4.53. The van der Waals surface area contributed by atoms with Crippen molar-refractivity contribution in [3.8, 4) is 6.07 Å². The SMILES string of the molecule is Cc1cc(C#N)ccc1N1CCN([C@H]2CCN(C(=O)O)C(=C=O)[C@@H]2C(=O)O)CC1. The average Bonchev–Trinajstić information content (AvgIpc) is 2.72. The zero-order valence-electron chi connectivity index (χ0n) is 16.0. The molecule has 2 aliphatic heterocycles. The number of aryl methyl sites for hydroxylation is 1. The maximum atomic E-state index is 11.9. The molecule has 0 aromatic heterocycles. The van der Waals surface area contributed by atoms with Crippen molar-refractivity contribution in [3.05, 3.63) is 35.0 Å². The fraction of sp³-hybridized carbons (Fsp3) is 0.450. The summed E-state index contributed by atoms with van der Waals surface area (Å²) in [6, 6.07) is 7.20. The monoisotopic (exact) mass is 398 g/mol. The van der Waals surface area contributed by atoms with E-state index in [4.69, 9.17) is 5.26 Å². The molecular weight excluding hydrogens is 376 g/mol. The molecule has 29 heavy (non-hydrogen) atoms. The van der Waals surface area contributed by atoms with Crippen LogP contribution < -0.4 is 4.90 Å². The molecule has 0 unspecified atom stereocenters. The largest absolute Gasteiger partial charge is 0.481 e. The number of rotatable bonds is 3. The number of likely N-dealkylation sites (tertiary alicyclic amines) is 1. The maximum absolute atomic E-state index is 11.9. The minimum absolute atomic E-state index is 0.0727. The highest BCUT2D eigenvalue weighted by atomic mass is 16.4. The predicted molar refractivity (Wildman–Crippen MR) is 103 cm³/mol. The number of carboxylic acids is 1. The van der Waals surface area contributed by atoms with Gasteiger partial charge >= 0.3 is 12.1 Å². The Labute approximate surface area is 168 Å². The van der Waals surface area contributed by atoms with Crippen molar-refractivity contribution in [1.82, 2.24) is 9.80 Å². The van der Waals surface area contributed by atoms with Gasteiger partial charge in [0.2, 0.25) is 0 Å². The maximum Gasteiger partial charge on any atom is 0.412 e. The molecule has 1 aromatic carbocycles. The number of aliphatic carboxylic acids is 1. The highest BCUT2D eigenvalue weighted by molar-refractivity contribution is 5.82. The van der Waals surface area contributed by atoms with E-state index in [2.05, 4.69) is 11.0 Å². The van der Waals surface area contributed by atoms with Crippen LogP contribution in [0.3, 0.4) is 0 Å². The number of hydrogen-bond donors (Lipinski definition) is 2. The molecule has 0 aliphatic carbocycles. The number of carbonyl (C=O) groups is 2. The van der Waals surface area contributed by atoms with Crippen LogP contribution >= 0.6 is 0 Å². The number of carbonyl (C=O) groups excluding carboxylic acids is 1. The summed E-state index contributed by atoms with van der Waals surface area (Å²) in [5.41, 5.74) is 2.31. The van der Waals surface area contributed by atoms with Gasteiger partial charge in [0.05, 0.1) is 11.6 Å². The van der Waals surface area contributed by atoms with Gasteiger partial charge < -0.3 is 15.1 Å². The van der Waals surface area contributed by atoms with Crippen molar-refractivity contribution in [2.24, 2.45) is 5.92 Å². The topological polar surface area (TPSA) is 125 Å². The number of benzene rings is 1. The number of carboxylic acid groups (broad SMARTS) is 2. The Bertz CT molecular complexity index is 910. The summed E-state index contributed by atoms with van der Waals surface area (Å²) in [7, 11) is 0. The van der Waals surface area contributed by atoms with Crippen LogP contribution in [0.1, 0.15) is 17.5 Å². The Morgan fingerprint density at radius 2 is 1.83 bits per heavy atom. The van der Waals surface area contributed by atoms with E-state index in [-0.39, 0.29) is 12.2 Å². The number of piperazine rings is 1. The first-order valence-corrected chi connectivity index (χ1v) is 9.35. The van der Waals surface area contributed by atoms with Crippen molar-refractivity contribution >= 4 is 23.7 Å². The summed E-state index contributed by atoms with van der Waals surface area (Å²) < 4.78 is 0. The Balaban J connectivity index is 1.74. The van der Waals surface area contributed by atoms with Crippen LogP contribution in [0.15, 0.2) is 23.9 Å². The fourth-order valence-corrected chi connectivity index (χ4v) is 4.27. The summed E-state index contributed by atoms with van der Waals surface area (Å²) in [5.74, 6) is -0.883. The van der Waals surface area contributed by atoms with E-state index in [0.717, 1.165) is 16.2 Å². The minimum atomic E-state index is -1.34. The van der Waals surface area contributed by atoms with Crippen molar-refractivity contribution in [2.45, 2.75) is 19.4 Å². The first-order chi connectivity index (χ1) is 13.9. The minimum Gasteiger partial charge on any atom is -0.481 e. The van der Waals surface area contributed by atoms with Crippen molar-refractivity contribution in [3.63, 3.8) is 0 Å². The Morgan fingerprint density at radius 1 is 1.14 bits per heavy atom. The van der Waals surface area contributed by atoms with Crippen LogP contribution in [0.5, 0.6) is 0 Å². The molecule has 2 saturated heterocycles. The lowest BCUT2D eigenvalue weighted by molar-refractivity contribution is -0.144. The molecule has 9 nitrogen and oxygen atoms in total. The molecule has 2 atom stereocenters. The van der Waals surface area contributed by atoms with E-state index in [9.17, 15) is 24.6 Å². The third kappa shape index (κ3) is 3.94. The Kier molecular flexibility index (Phi) is 5.87. The molecule has 1 amide bonds. The number of amides is 1. The molecular formula is C20H22N4O5. The highest BCUT2D eigenvalue weighted by Gasteiger charge is 2.44. The lowest BCUT2D eigenvalue weighted by Crippen LogP contribution is -2.58. The number of piperidine rings is 1. The second kappa shape index (κ2) is 8.35. The molecule has 152 valence electrons. The van der Waals surface area contributed by atoms with Gasteiger partial charge in [-0.05, 0) is 37.1 Å². The van der Waals surface area contributed by atoms with Crippen molar-refractivity contribution < 1.29 is 24.6 Å². The number of nitrogens with zero attached hydrogens (tertiary/aromatic N) is 4. The van der Waals surface area contributed by atoms with Gasteiger partial charge in [0.1, 0.15) is 17.6 Å². The van der Waals surface area contributed by atoms with Gasteiger partial charge in [0.15, 0.2) is 0 Å². The first-order valence-electron chi connectivity index (χ1n) is 9.35. The Hall–Kier alpha value is -3.34. The van der Waals surface area contributed by atoms with E-state index in [1.807, 2.05) is 24.0 Å². The molecule has 9 heteroatoms. The average molecular weight is 398 g/mol. The highest BCUT2D eigenvalue weighted by Crippen LogP contribution is 2.31. The second-order valence-electron chi connectivity index (χ2n) is 7.23. The molecule has 2 N–H and O–H groups in total. The fourth-order valence-electron chi connectivity index (χ4n) is 4.27.